The van der Waals surface area contributed by atoms with Gasteiger partial charge in [-0.25, -0.2) is 10.0 Å². The third-order valence-corrected chi connectivity index (χ3v) is 1.85. The Morgan fingerprint density at radius 2 is 1.92 bits per heavy atom. The van der Waals surface area contributed by atoms with Gasteiger partial charge in [-0.3, -0.25) is 4.79 Å². The number of amides is 1. The van der Waals surface area contributed by atoms with Crippen molar-refractivity contribution in [2.75, 3.05) is 18.1 Å². The van der Waals surface area contributed by atoms with Crippen LogP contribution in [0, 0.1) is 0 Å². The van der Waals surface area contributed by atoms with Gasteiger partial charge in [0.2, 0.25) is 6.41 Å². The van der Waals surface area contributed by atoms with Crippen molar-refractivity contribution in [2.45, 2.75) is 0 Å². The van der Waals surface area contributed by atoms with E-state index in [1.165, 1.54) is 0 Å². The van der Waals surface area contributed by atoms with E-state index in [-0.39, 0.29) is 0 Å². The fourth-order valence-corrected chi connectivity index (χ4v) is 1.13. The zero-order valence-electron chi connectivity index (χ0n) is 6.68. The van der Waals surface area contributed by atoms with Crippen LogP contribution >= 0.6 is 0 Å². The largest absolute Gasteiger partial charge is 0.277 e. The minimum atomic E-state index is 0.850. The van der Waals surface area contributed by atoms with Gasteiger partial charge in [-0.1, -0.05) is 18.2 Å². The number of benzene rings is 1. The molecular weight excluding hydrogens is 152 g/mol. The summed E-state index contributed by atoms with van der Waals surface area (Å²) in [5, 5.41) is 3.61. The Bertz CT molecular complexity index is 269. The lowest BCUT2D eigenvalue weighted by Gasteiger charge is -2.16. The summed E-state index contributed by atoms with van der Waals surface area (Å²) in [6.45, 7) is 1.96. The summed E-state index contributed by atoms with van der Waals surface area (Å²) in [6, 6.07) is 9.64. The zero-order valence-corrected chi connectivity index (χ0v) is 6.68. The van der Waals surface area contributed by atoms with Crippen molar-refractivity contribution in [1.82, 2.24) is 5.01 Å². The van der Waals surface area contributed by atoms with E-state index in [2.05, 4.69) is 0 Å². The van der Waals surface area contributed by atoms with Crippen LogP contribution in [0.5, 0.6) is 0 Å². The van der Waals surface area contributed by atoms with Gasteiger partial charge < -0.3 is 0 Å². The molecule has 3 heteroatoms. The van der Waals surface area contributed by atoms with Gasteiger partial charge in [-0.05, 0) is 12.1 Å². The molecule has 1 aromatic rings. The molecule has 0 aromatic heterocycles. The second-order valence-corrected chi connectivity index (χ2v) is 2.74. The van der Waals surface area contributed by atoms with E-state index >= 15 is 0 Å². The average molecular weight is 162 g/mol. The second-order valence-electron chi connectivity index (χ2n) is 2.74. The molecule has 0 spiro atoms. The van der Waals surface area contributed by atoms with Crippen LogP contribution in [0.15, 0.2) is 30.3 Å². The Kier molecular flexibility index (Phi) is 1.80. The Labute approximate surface area is 71.2 Å². The second kappa shape index (κ2) is 2.95. The molecule has 62 valence electrons. The lowest BCUT2D eigenvalue weighted by molar-refractivity contribution is -0.108. The molecule has 0 saturated carbocycles. The highest BCUT2D eigenvalue weighted by Gasteiger charge is 2.25. The molecular formula is C9H10N2O. The highest BCUT2D eigenvalue weighted by molar-refractivity contribution is 5.74. The fraction of sp³-hybridized carbons (Fsp3) is 0.222. The molecule has 1 aliphatic rings. The molecule has 0 radical (unpaired) electrons. The highest BCUT2D eigenvalue weighted by Crippen LogP contribution is 2.18. The van der Waals surface area contributed by atoms with Gasteiger partial charge in [-0.2, -0.15) is 0 Å². The maximum Gasteiger partial charge on any atom is 0.228 e. The molecule has 1 aliphatic heterocycles. The van der Waals surface area contributed by atoms with Gasteiger partial charge in [-0.15, -0.1) is 0 Å². The van der Waals surface area contributed by atoms with Crippen molar-refractivity contribution >= 4 is 12.1 Å². The van der Waals surface area contributed by atoms with Crippen LogP contribution < -0.4 is 5.01 Å². The molecule has 0 unspecified atom stereocenters. The molecule has 0 aliphatic carbocycles. The van der Waals surface area contributed by atoms with Crippen molar-refractivity contribution in [3.63, 3.8) is 0 Å². The van der Waals surface area contributed by atoms with Crippen LogP contribution in [0.1, 0.15) is 0 Å². The minimum Gasteiger partial charge on any atom is -0.277 e. The maximum atomic E-state index is 10.7. The molecule has 12 heavy (non-hydrogen) atoms. The first kappa shape index (κ1) is 7.31. The molecule has 1 saturated heterocycles. The van der Waals surface area contributed by atoms with Crippen molar-refractivity contribution < 1.29 is 4.79 Å². The third kappa shape index (κ3) is 1.31. The molecule has 0 atom stereocenters. The van der Waals surface area contributed by atoms with Crippen molar-refractivity contribution in [2.24, 2.45) is 0 Å². The van der Waals surface area contributed by atoms with Crippen LogP contribution in [0.3, 0.4) is 0 Å². The Balaban J connectivity index is 2.21. The summed E-state index contributed by atoms with van der Waals surface area (Å²) in [6.07, 6.45) is 0.850. The Morgan fingerprint density at radius 3 is 2.42 bits per heavy atom. The predicted octanol–water partition coefficient (Wildman–Crippen LogP) is 0.880. The van der Waals surface area contributed by atoms with E-state index in [1.54, 1.807) is 5.01 Å². The SMILES string of the molecule is O=CN(c1ccccc1)N1CC1. The summed E-state index contributed by atoms with van der Waals surface area (Å²) < 4.78 is 0. The molecule has 1 aromatic carbocycles. The number of hydrogen-bond donors (Lipinski definition) is 0. The van der Waals surface area contributed by atoms with Gasteiger partial charge in [0.15, 0.2) is 0 Å². The summed E-state index contributed by atoms with van der Waals surface area (Å²) in [5.74, 6) is 0. The summed E-state index contributed by atoms with van der Waals surface area (Å²) in [4.78, 5) is 10.7. The average Bonchev–Trinajstić information content (AvgIpc) is 2.92. The Morgan fingerprint density at radius 1 is 1.25 bits per heavy atom. The van der Waals surface area contributed by atoms with Crippen LogP contribution in [-0.2, 0) is 4.79 Å². The van der Waals surface area contributed by atoms with Crippen LogP contribution in [0.4, 0.5) is 5.69 Å². The predicted molar refractivity (Wildman–Crippen MR) is 46.6 cm³/mol. The van der Waals surface area contributed by atoms with E-state index in [0.717, 1.165) is 25.2 Å². The van der Waals surface area contributed by atoms with Gasteiger partial charge in [0.25, 0.3) is 0 Å². The van der Waals surface area contributed by atoms with Crippen LogP contribution in [0.25, 0.3) is 0 Å². The molecule has 1 heterocycles. The van der Waals surface area contributed by atoms with Crippen molar-refractivity contribution in [3.8, 4) is 0 Å². The molecule has 1 amide bonds. The number of hydrazine groups is 1. The summed E-state index contributed by atoms with van der Waals surface area (Å²) in [5.41, 5.74) is 0.935. The molecule has 0 bridgehead atoms. The number of carbonyl (C=O) groups excluding carboxylic acids is 1. The smallest absolute Gasteiger partial charge is 0.228 e. The lowest BCUT2D eigenvalue weighted by Crippen LogP contribution is -2.27. The Hall–Kier alpha value is -1.35. The number of rotatable bonds is 3. The normalized spacial score (nSPS) is 15.7. The zero-order chi connectivity index (χ0) is 8.39. The molecule has 2 rings (SSSR count). The molecule has 1 fully saturated rings. The van der Waals surface area contributed by atoms with Gasteiger partial charge >= 0.3 is 0 Å². The standard InChI is InChI=1S/C9H10N2O/c12-8-11(10-6-7-10)9-4-2-1-3-5-9/h1-5,8H,6-7H2. The number of anilines is 1. The number of nitrogens with zero attached hydrogens (tertiary/aromatic N) is 2. The number of hydrogen-bond acceptors (Lipinski definition) is 2. The third-order valence-electron chi connectivity index (χ3n) is 1.85. The number of para-hydroxylation sites is 1. The molecule has 3 nitrogen and oxygen atoms in total. The first-order valence-electron chi connectivity index (χ1n) is 3.96. The van der Waals surface area contributed by atoms with E-state index < -0.39 is 0 Å². The summed E-state index contributed by atoms with van der Waals surface area (Å²) in [7, 11) is 0. The van der Waals surface area contributed by atoms with E-state index in [4.69, 9.17) is 0 Å². The quantitative estimate of drug-likeness (QED) is 0.486. The highest BCUT2D eigenvalue weighted by atomic mass is 16.2. The monoisotopic (exact) mass is 162 g/mol. The number of carbonyl (C=O) groups is 1. The lowest BCUT2D eigenvalue weighted by atomic mass is 10.3. The first-order valence-corrected chi connectivity index (χ1v) is 3.96. The van der Waals surface area contributed by atoms with Gasteiger partial charge in [0, 0.05) is 13.1 Å². The maximum absolute atomic E-state index is 10.7. The van der Waals surface area contributed by atoms with E-state index in [0.29, 0.717) is 0 Å². The molecule has 0 N–H and O–H groups in total. The van der Waals surface area contributed by atoms with E-state index in [1.807, 2.05) is 35.3 Å². The van der Waals surface area contributed by atoms with Crippen LogP contribution in [0.2, 0.25) is 0 Å². The first-order chi connectivity index (χ1) is 5.92. The van der Waals surface area contributed by atoms with Crippen LogP contribution in [-0.4, -0.2) is 24.5 Å². The van der Waals surface area contributed by atoms with E-state index in [9.17, 15) is 4.79 Å². The van der Waals surface area contributed by atoms with Crippen molar-refractivity contribution in [3.05, 3.63) is 30.3 Å². The minimum absolute atomic E-state index is 0.850. The topological polar surface area (TPSA) is 23.3 Å². The van der Waals surface area contributed by atoms with Gasteiger partial charge in [0.05, 0.1) is 5.69 Å². The van der Waals surface area contributed by atoms with Crippen molar-refractivity contribution in [1.29, 1.82) is 0 Å². The van der Waals surface area contributed by atoms with Gasteiger partial charge in [0.1, 0.15) is 0 Å². The summed E-state index contributed by atoms with van der Waals surface area (Å²) >= 11 is 0. The fourth-order valence-electron chi connectivity index (χ4n) is 1.13.